The first-order valence-corrected chi connectivity index (χ1v) is 7.47. The number of hydrogen-bond acceptors (Lipinski definition) is 6. The van der Waals surface area contributed by atoms with Crippen molar-refractivity contribution in [3.8, 4) is 0 Å². The number of non-ortho nitro benzene ring substituents is 1. The molecule has 0 fully saturated rings. The molecule has 0 saturated carbocycles. The number of thiazole rings is 1. The van der Waals surface area contributed by atoms with Crippen molar-refractivity contribution in [3.05, 3.63) is 51.0 Å². The van der Waals surface area contributed by atoms with Gasteiger partial charge in [0, 0.05) is 28.8 Å². The molecule has 0 aliphatic heterocycles. The van der Waals surface area contributed by atoms with Gasteiger partial charge in [-0.2, -0.15) is 0 Å². The van der Waals surface area contributed by atoms with Crippen molar-refractivity contribution in [2.75, 3.05) is 5.32 Å². The zero-order valence-electron chi connectivity index (χ0n) is 12.4. The van der Waals surface area contributed by atoms with Crippen LogP contribution in [0.15, 0.2) is 30.5 Å². The molecule has 0 spiro atoms. The van der Waals surface area contributed by atoms with E-state index in [4.69, 9.17) is 0 Å². The van der Waals surface area contributed by atoms with Crippen LogP contribution >= 0.6 is 11.3 Å². The first-order valence-electron chi connectivity index (χ1n) is 6.65. The number of aromatic nitrogens is 1. The second-order valence-corrected chi connectivity index (χ2v) is 6.00. The van der Waals surface area contributed by atoms with Crippen molar-refractivity contribution in [2.24, 2.45) is 0 Å². The number of hydrogen-bond donors (Lipinski definition) is 2. The van der Waals surface area contributed by atoms with E-state index in [0.717, 1.165) is 10.9 Å². The monoisotopic (exact) mass is 334 g/mol. The number of anilines is 1. The summed E-state index contributed by atoms with van der Waals surface area (Å²) < 4.78 is 0. The molecule has 1 aromatic carbocycles. The van der Waals surface area contributed by atoms with Gasteiger partial charge in [-0.3, -0.25) is 19.7 Å². The molecule has 1 heterocycles. The highest BCUT2D eigenvalue weighted by atomic mass is 32.1. The Morgan fingerprint density at radius 3 is 2.74 bits per heavy atom. The maximum Gasteiger partial charge on any atom is 0.270 e. The quantitative estimate of drug-likeness (QED) is 0.642. The minimum atomic E-state index is -0.814. The minimum Gasteiger partial charge on any atom is -0.341 e. The Hall–Kier alpha value is -2.81. The Bertz CT molecular complexity index is 759. The second kappa shape index (κ2) is 6.97. The molecule has 0 bridgehead atoms. The summed E-state index contributed by atoms with van der Waals surface area (Å²) in [6.07, 6.45) is 1.63. The molecular formula is C14H14N4O4S. The first kappa shape index (κ1) is 16.6. The van der Waals surface area contributed by atoms with Crippen LogP contribution in [0.25, 0.3) is 0 Å². The molecule has 23 heavy (non-hydrogen) atoms. The van der Waals surface area contributed by atoms with Crippen LogP contribution in [0, 0.1) is 17.0 Å². The summed E-state index contributed by atoms with van der Waals surface area (Å²) in [6, 6.07) is 4.49. The highest BCUT2D eigenvalue weighted by molar-refractivity contribution is 7.15. The van der Waals surface area contributed by atoms with Gasteiger partial charge in [0.25, 0.3) is 11.6 Å². The first-order chi connectivity index (χ1) is 10.9. The van der Waals surface area contributed by atoms with E-state index in [2.05, 4.69) is 15.6 Å². The molecule has 2 amide bonds. The van der Waals surface area contributed by atoms with Crippen molar-refractivity contribution in [1.82, 2.24) is 10.3 Å². The number of nitrogens with zero attached hydrogens (tertiary/aromatic N) is 2. The van der Waals surface area contributed by atoms with Crippen molar-refractivity contribution >= 4 is 34.0 Å². The number of carbonyl (C=O) groups is 2. The summed E-state index contributed by atoms with van der Waals surface area (Å²) in [5, 5.41) is 16.3. The van der Waals surface area contributed by atoms with Gasteiger partial charge in [-0.05, 0) is 19.9 Å². The van der Waals surface area contributed by atoms with Gasteiger partial charge in [-0.25, -0.2) is 4.98 Å². The highest BCUT2D eigenvalue weighted by Crippen LogP contribution is 2.17. The van der Waals surface area contributed by atoms with Gasteiger partial charge in [0.05, 0.1) is 4.92 Å². The third-order valence-corrected chi connectivity index (χ3v) is 3.74. The van der Waals surface area contributed by atoms with E-state index >= 15 is 0 Å². The molecule has 0 aliphatic carbocycles. The predicted molar refractivity (Wildman–Crippen MR) is 85.5 cm³/mol. The number of nitrogens with one attached hydrogen (secondary N) is 2. The summed E-state index contributed by atoms with van der Waals surface area (Å²) >= 11 is 1.32. The Balaban J connectivity index is 2.00. The Morgan fingerprint density at radius 1 is 1.39 bits per heavy atom. The summed E-state index contributed by atoms with van der Waals surface area (Å²) in [5.41, 5.74) is -0.0723. The smallest absolute Gasteiger partial charge is 0.270 e. The maximum atomic E-state index is 12.1. The number of nitro groups is 1. The molecule has 0 radical (unpaired) electrons. The number of amides is 2. The van der Waals surface area contributed by atoms with E-state index in [1.165, 1.54) is 36.5 Å². The molecule has 2 aromatic rings. The molecule has 9 heteroatoms. The molecule has 1 unspecified atom stereocenters. The van der Waals surface area contributed by atoms with Crippen LogP contribution in [-0.2, 0) is 4.79 Å². The average Bonchev–Trinajstić information content (AvgIpc) is 2.92. The Morgan fingerprint density at radius 2 is 2.13 bits per heavy atom. The summed E-state index contributed by atoms with van der Waals surface area (Å²) in [5.74, 6) is -0.982. The van der Waals surface area contributed by atoms with Crippen LogP contribution in [-0.4, -0.2) is 27.8 Å². The predicted octanol–water partition coefficient (Wildman–Crippen LogP) is 2.12. The van der Waals surface area contributed by atoms with Gasteiger partial charge >= 0.3 is 0 Å². The summed E-state index contributed by atoms with van der Waals surface area (Å²) in [7, 11) is 0. The Labute approximate surface area is 135 Å². The van der Waals surface area contributed by atoms with Gasteiger partial charge in [0.2, 0.25) is 5.91 Å². The van der Waals surface area contributed by atoms with Gasteiger partial charge in [-0.1, -0.05) is 6.07 Å². The molecule has 1 atom stereocenters. The van der Waals surface area contributed by atoms with Crippen molar-refractivity contribution in [1.29, 1.82) is 0 Å². The highest BCUT2D eigenvalue weighted by Gasteiger charge is 2.19. The molecule has 120 valence electrons. The van der Waals surface area contributed by atoms with Crippen LogP contribution in [0.3, 0.4) is 0 Å². The van der Waals surface area contributed by atoms with E-state index in [0.29, 0.717) is 5.13 Å². The van der Waals surface area contributed by atoms with Crippen molar-refractivity contribution in [2.45, 2.75) is 19.9 Å². The molecule has 1 aromatic heterocycles. The third-order valence-electron chi connectivity index (χ3n) is 2.91. The van der Waals surface area contributed by atoms with Crippen LogP contribution in [0.5, 0.6) is 0 Å². The zero-order valence-corrected chi connectivity index (χ0v) is 13.2. The number of benzene rings is 1. The normalized spacial score (nSPS) is 11.6. The van der Waals surface area contributed by atoms with E-state index in [1.807, 2.05) is 6.92 Å². The largest absolute Gasteiger partial charge is 0.341 e. The van der Waals surface area contributed by atoms with E-state index in [-0.39, 0.29) is 11.3 Å². The zero-order chi connectivity index (χ0) is 17.0. The van der Waals surface area contributed by atoms with Crippen LogP contribution < -0.4 is 10.6 Å². The topological polar surface area (TPSA) is 114 Å². The van der Waals surface area contributed by atoms with Crippen LogP contribution in [0.1, 0.15) is 22.2 Å². The fraction of sp³-hybridized carbons (Fsp3) is 0.214. The molecular weight excluding hydrogens is 320 g/mol. The van der Waals surface area contributed by atoms with Crippen LogP contribution in [0.4, 0.5) is 10.8 Å². The minimum absolute atomic E-state index is 0.115. The standard InChI is InChI=1S/C14H14N4O4S/c1-8-7-15-14(23-8)17-12(19)9(2)16-13(20)10-4-3-5-11(6-10)18(21)22/h3-7,9H,1-2H3,(H,16,20)(H,15,17,19). The molecule has 2 N–H and O–H groups in total. The molecule has 2 rings (SSSR count). The Kier molecular flexibility index (Phi) is 5.02. The fourth-order valence-electron chi connectivity index (χ4n) is 1.73. The second-order valence-electron chi connectivity index (χ2n) is 4.77. The van der Waals surface area contributed by atoms with E-state index < -0.39 is 22.8 Å². The summed E-state index contributed by atoms with van der Waals surface area (Å²) in [6.45, 7) is 3.38. The lowest BCUT2D eigenvalue weighted by Crippen LogP contribution is -2.41. The summed E-state index contributed by atoms with van der Waals surface area (Å²) in [4.78, 5) is 39.1. The average molecular weight is 334 g/mol. The van der Waals surface area contributed by atoms with E-state index in [9.17, 15) is 19.7 Å². The van der Waals surface area contributed by atoms with Crippen molar-refractivity contribution in [3.63, 3.8) is 0 Å². The lowest BCUT2D eigenvalue weighted by Gasteiger charge is -2.12. The lowest BCUT2D eigenvalue weighted by molar-refractivity contribution is -0.384. The van der Waals surface area contributed by atoms with Gasteiger partial charge in [0.1, 0.15) is 6.04 Å². The fourth-order valence-corrected chi connectivity index (χ4v) is 2.40. The van der Waals surface area contributed by atoms with Crippen LogP contribution in [0.2, 0.25) is 0 Å². The van der Waals surface area contributed by atoms with E-state index in [1.54, 1.807) is 6.20 Å². The number of nitro benzene ring substituents is 1. The third kappa shape index (κ3) is 4.33. The van der Waals surface area contributed by atoms with Gasteiger partial charge in [0.15, 0.2) is 5.13 Å². The van der Waals surface area contributed by atoms with Gasteiger partial charge in [-0.15, -0.1) is 11.3 Å². The van der Waals surface area contributed by atoms with Gasteiger partial charge < -0.3 is 10.6 Å². The number of aryl methyl sites for hydroxylation is 1. The lowest BCUT2D eigenvalue weighted by atomic mass is 10.1. The number of carbonyl (C=O) groups excluding carboxylic acids is 2. The maximum absolute atomic E-state index is 12.1. The molecule has 8 nitrogen and oxygen atoms in total. The molecule has 0 aliphatic rings. The van der Waals surface area contributed by atoms with Crippen molar-refractivity contribution < 1.29 is 14.5 Å². The molecule has 0 saturated heterocycles. The SMILES string of the molecule is Cc1cnc(NC(=O)C(C)NC(=O)c2cccc([N+](=O)[O-])c2)s1. The number of rotatable bonds is 5.